The lowest BCUT2D eigenvalue weighted by Gasteiger charge is -2.06. The van der Waals surface area contributed by atoms with Crippen LogP contribution < -0.4 is 0 Å². The van der Waals surface area contributed by atoms with E-state index in [0.29, 0.717) is 11.9 Å². The average molecular weight is 204 g/mol. The molecule has 1 rings (SSSR count). The second-order valence-electron chi connectivity index (χ2n) is 2.44. The summed E-state index contributed by atoms with van der Waals surface area (Å²) in [5.41, 5.74) is 0. The van der Waals surface area contributed by atoms with Crippen LogP contribution in [0.4, 0.5) is 0 Å². The van der Waals surface area contributed by atoms with Gasteiger partial charge in [-0.3, -0.25) is 0 Å². The minimum atomic E-state index is -0.314. The number of hydrogen-bond acceptors (Lipinski definition) is 4. The van der Waals surface area contributed by atoms with E-state index in [2.05, 4.69) is 6.58 Å². The largest absolute Gasteiger partial charge is 0.463 e. The van der Waals surface area contributed by atoms with E-state index in [-0.39, 0.29) is 5.97 Å². The Balaban J connectivity index is 2.01. The van der Waals surface area contributed by atoms with Crippen molar-refractivity contribution in [2.45, 2.75) is 11.7 Å². The molecule has 1 fully saturated rings. The van der Waals surface area contributed by atoms with Gasteiger partial charge in [-0.1, -0.05) is 6.58 Å². The number of thioether (sulfide) groups is 2. The molecule has 1 aliphatic heterocycles. The molecular formula is C8H12O2S2. The van der Waals surface area contributed by atoms with Crippen LogP contribution >= 0.6 is 23.5 Å². The standard InChI is InChI=1S/C8H12O2S2/c1-2-8(9)10-4-3-7-5-11-6-12-7/h2,7H,1,3-6H2. The van der Waals surface area contributed by atoms with Crippen LogP contribution in [0, 0.1) is 0 Å². The maximum absolute atomic E-state index is 10.6. The van der Waals surface area contributed by atoms with Gasteiger partial charge < -0.3 is 4.74 Å². The molecule has 1 saturated heterocycles. The fraction of sp³-hybridized carbons (Fsp3) is 0.625. The van der Waals surface area contributed by atoms with Crippen molar-refractivity contribution in [2.24, 2.45) is 0 Å². The predicted octanol–water partition coefficient (Wildman–Crippen LogP) is 1.91. The van der Waals surface area contributed by atoms with Gasteiger partial charge in [-0.25, -0.2) is 4.79 Å². The summed E-state index contributed by atoms with van der Waals surface area (Å²) in [5, 5.41) is 1.85. The van der Waals surface area contributed by atoms with E-state index in [1.807, 2.05) is 23.5 Å². The van der Waals surface area contributed by atoms with E-state index in [9.17, 15) is 4.79 Å². The fourth-order valence-electron chi connectivity index (χ4n) is 0.889. The van der Waals surface area contributed by atoms with E-state index in [4.69, 9.17) is 4.74 Å². The number of rotatable bonds is 4. The molecule has 1 atom stereocenters. The Labute approximate surface area is 81.1 Å². The molecule has 0 radical (unpaired) electrons. The molecule has 1 aliphatic rings. The van der Waals surface area contributed by atoms with Gasteiger partial charge in [0.1, 0.15) is 0 Å². The first kappa shape index (κ1) is 9.99. The predicted molar refractivity (Wildman–Crippen MR) is 54.5 cm³/mol. The highest BCUT2D eigenvalue weighted by Gasteiger charge is 2.15. The molecule has 0 saturated carbocycles. The van der Waals surface area contributed by atoms with Crippen LogP contribution in [0.5, 0.6) is 0 Å². The van der Waals surface area contributed by atoms with Crippen LogP contribution in [-0.4, -0.2) is 28.7 Å². The number of ether oxygens (including phenoxy) is 1. The first-order valence-electron chi connectivity index (χ1n) is 3.81. The third-order valence-corrected chi connectivity index (χ3v) is 4.48. The lowest BCUT2D eigenvalue weighted by molar-refractivity contribution is -0.137. The molecule has 0 amide bonds. The lowest BCUT2D eigenvalue weighted by Crippen LogP contribution is -2.09. The van der Waals surface area contributed by atoms with E-state index < -0.39 is 0 Å². The van der Waals surface area contributed by atoms with Gasteiger partial charge >= 0.3 is 5.97 Å². The SMILES string of the molecule is C=CC(=O)OCCC1CSCS1. The molecule has 68 valence electrons. The molecule has 0 N–H and O–H groups in total. The van der Waals surface area contributed by atoms with E-state index in [0.717, 1.165) is 6.42 Å². The maximum Gasteiger partial charge on any atom is 0.330 e. The molecule has 1 heterocycles. The van der Waals surface area contributed by atoms with E-state index in [1.54, 1.807) is 0 Å². The quantitative estimate of drug-likeness (QED) is 0.516. The summed E-state index contributed by atoms with van der Waals surface area (Å²) < 4.78 is 4.87. The van der Waals surface area contributed by atoms with Gasteiger partial charge in [-0.15, -0.1) is 23.5 Å². The van der Waals surface area contributed by atoms with Gasteiger partial charge in [0.15, 0.2) is 0 Å². The third-order valence-electron chi connectivity index (χ3n) is 1.54. The molecule has 12 heavy (non-hydrogen) atoms. The highest BCUT2D eigenvalue weighted by molar-refractivity contribution is 8.19. The monoisotopic (exact) mass is 204 g/mol. The molecular weight excluding hydrogens is 192 g/mol. The number of hydrogen-bond donors (Lipinski definition) is 0. The van der Waals surface area contributed by atoms with E-state index >= 15 is 0 Å². The summed E-state index contributed by atoms with van der Waals surface area (Å²) in [5.74, 6) is 0.877. The topological polar surface area (TPSA) is 26.3 Å². The number of carbonyl (C=O) groups excluding carboxylic acids is 1. The Bertz CT molecular complexity index is 164. The van der Waals surface area contributed by atoms with Crippen LogP contribution in [0.1, 0.15) is 6.42 Å². The maximum atomic E-state index is 10.6. The Hall–Kier alpha value is -0.0900. The van der Waals surface area contributed by atoms with Crippen molar-refractivity contribution >= 4 is 29.5 Å². The second-order valence-corrected chi connectivity index (χ2v) is 5.12. The zero-order valence-electron chi connectivity index (χ0n) is 6.82. The zero-order chi connectivity index (χ0) is 8.81. The average Bonchev–Trinajstić information content (AvgIpc) is 2.57. The number of carbonyl (C=O) groups is 1. The van der Waals surface area contributed by atoms with Gasteiger partial charge in [0.05, 0.1) is 6.61 Å². The Kier molecular flexibility index (Phi) is 4.61. The van der Waals surface area contributed by atoms with Crippen molar-refractivity contribution in [2.75, 3.05) is 17.4 Å². The Morgan fingerprint density at radius 2 is 2.58 bits per heavy atom. The smallest absolute Gasteiger partial charge is 0.330 e. The summed E-state index contributed by atoms with van der Waals surface area (Å²) in [4.78, 5) is 10.6. The summed E-state index contributed by atoms with van der Waals surface area (Å²) in [6.45, 7) is 3.86. The third kappa shape index (κ3) is 3.54. The van der Waals surface area contributed by atoms with Crippen LogP contribution in [0.25, 0.3) is 0 Å². The molecule has 0 aliphatic carbocycles. The van der Waals surface area contributed by atoms with Crippen LogP contribution in [0.15, 0.2) is 12.7 Å². The molecule has 1 unspecified atom stereocenters. The van der Waals surface area contributed by atoms with Crippen molar-refractivity contribution in [3.05, 3.63) is 12.7 Å². The minimum Gasteiger partial charge on any atom is -0.463 e. The van der Waals surface area contributed by atoms with Gasteiger partial charge in [0.25, 0.3) is 0 Å². The van der Waals surface area contributed by atoms with Crippen molar-refractivity contribution in [1.29, 1.82) is 0 Å². The Morgan fingerprint density at radius 1 is 1.75 bits per heavy atom. The van der Waals surface area contributed by atoms with Crippen molar-refractivity contribution in [3.8, 4) is 0 Å². The van der Waals surface area contributed by atoms with Crippen LogP contribution in [0.2, 0.25) is 0 Å². The normalized spacial score (nSPS) is 22.2. The summed E-state index contributed by atoms with van der Waals surface area (Å²) >= 11 is 3.90. The van der Waals surface area contributed by atoms with Crippen LogP contribution in [0.3, 0.4) is 0 Å². The Morgan fingerprint density at radius 3 is 3.17 bits per heavy atom. The first-order valence-corrected chi connectivity index (χ1v) is 6.02. The van der Waals surface area contributed by atoms with Crippen molar-refractivity contribution in [3.63, 3.8) is 0 Å². The molecule has 2 nitrogen and oxygen atoms in total. The highest BCUT2D eigenvalue weighted by Crippen LogP contribution is 2.31. The molecule has 4 heteroatoms. The summed E-state index contributed by atoms with van der Waals surface area (Å²) in [7, 11) is 0. The fourth-order valence-corrected chi connectivity index (χ4v) is 3.79. The molecule has 0 aromatic carbocycles. The van der Waals surface area contributed by atoms with Gasteiger partial charge in [-0.2, -0.15) is 0 Å². The van der Waals surface area contributed by atoms with Gasteiger partial charge in [0.2, 0.25) is 0 Å². The van der Waals surface area contributed by atoms with Crippen LogP contribution in [-0.2, 0) is 9.53 Å². The summed E-state index contributed by atoms with van der Waals surface area (Å²) in [6.07, 6.45) is 2.17. The van der Waals surface area contributed by atoms with Gasteiger partial charge in [0, 0.05) is 22.2 Å². The second kappa shape index (κ2) is 5.54. The lowest BCUT2D eigenvalue weighted by atomic mass is 10.3. The molecule has 0 aromatic rings. The first-order chi connectivity index (χ1) is 5.83. The zero-order valence-corrected chi connectivity index (χ0v) is 8.46. The summed E-state index contributed by atoms with van der Waals surface area (Å²) in [6, 6.07) is 0. The van der Waals surface area contributed by atoms with Crippen molar-refractivity contribution in [1.82, 2.24) is 0 Å². The molecule has 0 spiro atoms. The minimum absolute atomic E-state index is 0.314. The van der Waals surface area contributed by atoms with E-state index in [1.165, 1.54) is 16.9 Å². The van der Waals surface area contributed by atoms with Crippen molar-refractivity contribution < 1.29 is 9.53 Å². The van der Waals surface area contributed by atoms with Gasteiger partial charge in [-0.05, 0) is 6.42 Å². The highest BCUT2D eigenvalue weighted by atomic mass is 32.2. The molecule has 0 aromatic heterocycles. The molecule has 0 bridgehead atoms. The number of esters is 1.